The Balaban J connectivity index is 0.000000211. The fourth-order valence-electron chi connectivity index (χ4n) is 16.5. The lowest BCUT2D eigenvalue weighted by atomic mass is 10.0. The number of piperazine rings is 2. The number of carbonyl (C=O) groups is 5. The van der Waals surface area contributed by atoms with Crippen molar-refractivity contribution >= 4 is 215 Å². The Morgan fingerprint density at radius 3 is 1.64 bits per heavy atom. The molecule has 35 nitrogen and oxygen atoms in total. The zero-order valence-electron chi connectivity index (χ0n) is 73.6. The van der Waals surface area contributed by atoms with E-state index in [1.54, 1.807) is 132 Å². The third-order valence-electron chi connectivity index (χ3n) is 23.6. The monoisotopic (exact) mass is 2060 g/mol. The average molecular weight is 2060 g/mol. The number of ether oxygens (including phenoxy) is 1. The number of rotatable bonds is 25. The van der Waals surface area contributed by atoms with Crippen LogP contribution in [0.25, 0.3) is 21.8 Å². The second-order valence-electron chi connectivity index (χ2n) is 32.3. The SMILES string of the molecule is CC1CN(c2ccc(S(=O)(=O)Nc3nccs3)cc2)CCN1C(=O)C(C)n1ccc2c(F)cccc21.C[C@H](C(=O)N[C@@H]1CCN(c2ccc(S(=O)(=O)Nc3ncns3)cc2)C1)n1ccc2ccccc21.O=C(CN1CCCc2cc(Cl)ccc21)N1CCN(c2ccc(S(=O)(=O)Nc3ncns3)cc2)CC1.O=C(Nc1ccccc1Cl)O[C@@H]1CCN(c2ccc(S(=O)(=O)Nc3nccs3)cc2)C1=O.[HH].[HH].[HH].[HH].[HH].[HH].[HH]. The number of nitrogens with one attached hydrogen (secondary N) is 6. The van der Waals surface area contributed by atoms with Gasteiger partial charge in [0.25, 0.3) is 46.0 Å². The van der Waals surface area contributed by atoms with E-state index >= 15 is 0 Å². The first kappa shape index (κ1) is 97.2. The summed E-state index contributed by atoms with van der Waals surface area (Å²) in [6.45, 7) is 13.1. The van der Waals surface area contributed by atoms with Crippen LogP contribution in [0.3, 0.4) is 0 Å². The molecule has 5 amide bonds. The molecule has 5 aliphatic rings. The van der Waals surface area contributed by atoms with Crippen molar-refractivity contribution < 1.29 is 76.8 Å². The molecule has 4 saturated heterocycles. The lowest BCUT2D eigenvalue weighted by Crippen LogP contribution is -2.55. The number of sulfonamides is 4. The standard InChI is InChI=1S/C25H26FN5O3S2.C23H25ClN6O3S2.C23H24N6O3S2.C20H17ClN4O5S2.7H2/c1-17-16-29(19-6-8-20(9-7-19)36(33,34)28-25-27-11-15-35-25)13-14-30(17)24(32)18(2)31-12-10-21-22(26)4-3-5-23(21)31;24-18-3-8-21-17(14-18)2-1-9-30(21)15-22(31)29-12-10-28(11-13-29)19-4-6-20(7-5-19)35(32,33)27-23-25-16-26-34-23;1-16(29-13-10-17-4-2-3-5-21(17)29)22(30)26-18-11-12-28(14-18)19-6-8-20(9-7-19)34(31,32)27-23-24-15-25-33-23;21-15-3-1-2-4-16(15)23-20(27)30-17-9-11-25(18(17)26)13-5-7-14(8-6-13)32(28,29)24-19-22-10-12-31-19;;;;;;;/h3-12,15,17-18H,13-14,16H2,1-2H3,(H,27,28);3-8,14,16H,1-2,9-13,15H2,(H,25,26,27);2-10,13,15-16,18H,11-12,14H2,1H3,(H,26,30)(H,24,25,27);1-8,10,12,17H,9,11H2,(H,22,24)(H,23,27);7*1H/t;;16-,18-;17-;;;;;;;/m..11......./s1. The number of benzene rings is 8. The highest BCUT2D eigenvalue weighted by atomic mass is 35.5. The van der Waals surface area contributed by atoms with E-state index in [0.29, 0.717) is 104 Å². The molecule has 728 valence electrons. The van der Waals surface area contributed by atoms with Gasteiger partial charge in [0, 0.05) is 203 Å². The van der Waals surface area contributed by atoms with E-state index in [9.17, 15) is 62.0 Å². The van der Waals surface area contributed by atoms with Crippen molar-refractivity contribution in [3.63, 3.8) is 0 Å². The lowest BCUT2D eigenvalue weighted by Gasteiger charge is -2.42. The Morgan fingerprint density at radius 2 is 1.07 bits per heavy atom. The van der Waals surface area contributed by atoms with Crippen molar-refractivity contribution in [2.24, 2.45) is 0 Å². The molecule has 14 aromatic rings. The normalized spacial score (nSPS) is 16.7. The molecule has 0 bridgehead atoms. The average Bonchev–Trinajstić information content (AvgIpc) is 1.57. The van der Waals surface area contributed by atoms with Crippen LogP contribution in [0.5, 0.6) is 0 Å². The summed E-state index contributed by atoms with van der Waals surface area (Å²) in [7, 11) is -14.9. The molecular formula is C91H106Cl2FN21O14S8. The summed E-state index contributed by atoms with van der Waals surface area (Å²) in [5, 5.41) is 12.8. The molecule has 8 aromatic carbocycles. The number of anilines is 10. The van der Waals surface area contributed by atoms with Gasteiger partial charge in [0.05, 0.1) is 42.4 Å². The molecule has 11 heterocycles. The molecule has 0 aliphatic carbocycles. The first-order chi connectivity index (χ1) is 65.9. The fraction of sp³-hybridized carbons (Fsp3) is 0.264. The quantitative estimate of drug-likeness (QED) is 0.0309. The second-order valence-corrected chi connectivity index (χ2v) is 43.2. The zero-order chi connectivity index (χ0) is 96.3. The minimum atomic E-state index is -3.79. The van der Waals surface area contributed by atoms with Gasteiger partial charge in [0.15, 0.2) is 16.4 Å². The maximum atomic E-state index is 14.1. The van der Waals surface area contributed by atoms with Gasteiger partial charge in [-0.25, -0.2) is 62.8 Å². The van der Waals surface area contributed by atoms with E-state index in [1.165, 1.54) is 82.3 Å². The summed E-state index contributed by atoms with van der Waals surface area (Å²) in [4.78, 5) is 94.1. The number of hydrogen-bond donors (Lipinski definition) is 6. The van der Waals surface area contributed by atoms with Crippen LogP contribution in [0.4, 0.5) is 63.8 Å². The predicted octanol–water partition coefficient (Wildman–Crippen LogP) is 16.4. The molecule has 2 unspecified atom stereocenters. The van der Waals surface area contributed by atoms with Gasteiger partial charge >= 0.3 is 6.09 Å². The topological polar surface area (TPSA) is 413 Å². The minimum absolute atomic E-state index is 0. The van der Waals surface area contributed by atoms with Gasteiger partial charge in [0.1, 0.15) is 30.6 Å². The van der Waals surface area contributed by atoms with Crippen LogP contribution in [0.15, 0.2) is 262 Å². The van der Waals surface area contributed by atoms with E-state index in [4.69, 9.17) is 27.9 Å². The van der Waals surface area contributed by atoms with Gasteiger partial charge in [-0.05, 0) is 209 Å². The molecule has 6 aromatic heterocycles. The van der Waals surface area contributed by atoms with Gasteiger partial charge in [-0.3, -0.25) is 43.4 Å². The third kappa shape index (κ3) is 23.5. The molecule has 46 heteroatoms. The summed E-state index contributed by atoms with van der Waals surface area (Å²) in [6, 6.07) is 54.4. The summed E-state index contributed by atoms with van der Waals surface area (Å²) in [5.41, 5.74) is 7.64. The van der Waals surface area contributed by atoms with Gasteiger partial charge in [-0.1, -0.05) is 59.6 Å². The van der Waals surface area contributed by atoms with Gasteiger partial charge in [0.2, 0.25) is 28.0 Å². The Hall–Kier alpha value is -12.9. The second kappa shape index (κ2) is 42.8. The van der Waals surface area contributed by atoms with Crippen LogP contribution in [-0.2, 0) is 70.4 Å². The van der Waals surface area contributed by atoms with Gasteiger partial charge in [-0.2, -0.15) is 8.75 Å². The number of fused-ring (bicyclic) bond motifs is 3. The Morgan fingerprint density at radius 1 is 0.540 bits per heavy atom. The van der Waals surface area contributed by atoms with Gasteiger partial charge in [-0.15, -0.1) is 22.7 Å². The maximum Gasteiger partial charge on any atom is 0.412 e. The minimum Gasteiger partial charge on any atom is -0.436 e. The van der Waals surface area contributed by atoms with Crippen LogP contribution in [0, 0.1) is 5.82 Å². The number of aromatic nitrogens is 8. The summed E-state index contributed by atoms with van der Waals surface area (Å²) in [5.74, 6) is -0.603. The Kier molecular flexibility index (Phi) is 30.3. The van der Waals surface area contributed by atoms with Crippen molar-refractivity contribution in [3.05, 3.63) is 264 Å². The number of amides is 5. The highest BCUT2D eigenvalue weighted by Crippen LogP contribution is 2.35. The number of nitrogens with zero attached hydrogens (tertiary/aromatic N) is 15. The van der Waals surface area contributed by atoms with Crippen LogP contribution >= 0.6 is 68.9 Å². The molecule has 0 radical (unpaired) electrons. The molecule has 5 aliphatic heterocycles. The third-order valence-corrected chi connectivity index (χ3v) is 32.6. The number of thiazole rings is 2. The van der Waals surface area contributed by atoms with Crippen molar-refractivity contribution in [2.45, 2.75) is 96.3 Å². The summed E-state index contributed by atoms with van der Waals surface area (Å²) in [6.07, 6.45) is 10.7. The van der Waals surface area contributed by atoms with E-state index in [0.717, 1.165) is 94.1 Å². The first-order valence-electron chi connectivity index (χ1n) is 43.2. The van der Waals surface area contributed by atoms with Crippen molar-refractivity contribution in [3.8, 4) is 0 Å². The Labute approximate surface area is 826 Å². The van der Waals surface area contributed by atoms with E-state index in [1.807, 2.05) is 100 Å². The van der Waals surface area contributed by atoms with Crippen molar-refractivity contribution in [1.82, 2.24) is 52.9 Å². The van der Waals surface area contributed by atoms with Crippen molar-refractivity contribution in [1.29, 1.82) is 0 Å². The largest absolute Gasteiger partial charge is 0.436 e. The zero-order valence-corrected chi connectivity index (χ0v) is 81.7. The lowest BCUT2D eigenvalue weighted by molar-refractivity contribution is -0.136. The molecule has 19 rings (SSSR count). The number of aryl methyl sites for hydroxylation is 1. The molecule has 0 spiro atoms. The Bertz CT molecular complexity index is 7140. The van der Waals surface area contributed by atoms with Gasteiger partial charge < -0.3 is 53.5 Å². The molecule has 6 N–H and O–H groups in total. The molecule has 4 fully saturated rings. The molecule has 0 saturated carbocycles. The number of halogens is 3. The van der Waals surface area contributed by atoms with E-state index < -0.39 is 64.2 Å². The highest BCUT2D eigenvalue weighted by Gasteiger charge is 2.38. The van der Waals surface area contributed by atoms with Crippen molar-refractivity contribution in [2.75, 3.05) is 127 Å². The summed E-state index contributed by atoms with van der Waals surface area (Å²) < 4.78 is 141. The van der Waals surface area contributed by atoms with Crippen LogP contribution in [0.1, 0.15) is 67.7 Å². The number of carbonyl (C=O) groups excluding carboxylic acids is 5. The fourth-order valence-corrected chi connectivity index (χ4v) is 23.8. The first-order valence-corrected chi connectivity index (χ1v) is 53.2. The van der Waals surface area contributed by atoms with E-state index in [-0.39, 0.29) is 86.6 Å². The predicted molar refractivity (Wildman–Crippen MR) is 546 cm³/mol. The van der Waals surface area contributed by atoms with Crippen LogP contribution in [-0.4, -0.2) is 208 Å². The van der Waals surface area contributed by atoms with E-state index in [2.05, 4.69) is 77.8 Å². The van der Waals surface area contributed by atoms with Crippen LogP contribution in [0.2, 0.25) is 10.0 Å². The number of para-hydroxylation sites is 2. The summed E-state index contributed by atoms with van der Waals surface area (Å²) >= 11 is 16.5. The number of hydrogen-bond acceptors (Lipinski definition) is 28. The highest BCUT2D eigenvalue weighted by molar-refractivity contribution is 7.93. The maximum absolute atomic E-state index is 14.1. The smallest absolute Gasteiger partial charge is 0.412 e. The molecule has 5 atom stereocenters. The van der Waals surface area contributed by atoms with Crippen LogP contribution < -0.4 is 54.0 Å². The molecular weight excluding hydrogens is 1960 g/mol. The molecule has 137 heavy (non-hydrogen) atoms.